The number of halogens is 1. The Morgan fingerprint density at radius 3 is 2.57 bits per heavy atom. The highest BCUT2D eigenvalue weighted by Gasteiger charge is 2.20. The van der Waals surface area contributed by atoms with Crippen molar-refractivity contribution in [3.05, 3.63) is 23.8 Å². The molecular weight excluding hydrogens is 318 g/mol. The maximum absolute atomic E-state index is 11.9. The van der Waals surface area contributed by atoms with E-state index < -0.39 is 15.0 Å². The summed E-state index contributed by atoms with van der Waals surface area (Å²) in [5, 5.41) is 0. The fourth-order valence-corrected chi connectivity index (χ4v) is 2.86. The Bertz CT molecular complexity index is 625. The molecule has 6 nitrogen and oxygen atoms in total. The smallest absolute Gasteiger partial charge is 0.338 e. The second-order valence-electron chi connectivity index (χ2n) is 4.47. The summed E-state index contributed by atoms with van der Waals surface area (Å²) in [5.41, 5.74) is 0.781. The van der Waals surface area contributed by atoms with Crippen LogP contribution >= 0.6 is 10.7 Å². The van der Waals surface area contributed by atoms with Crippen molar-refractivity contribution in [1.29, 1.82) is 0 Å². The topological polar surface area (TPSA) is 72.9 Å². The molecule has 1 aromatic rings. The van der Waals surface area contributed by atoms with E-state index in [0.717, 1.165) is 0 Å². The Labute approximate surface area is 128 Å². The van der Waals surface area contributed by atoms with Crippen molar-refractivity contribution in [3.8, 4) is 0 Å². The van der Waals surface area contributed by atoms with Gasteiger partial charge in [-0.25, -0.2) is 13.2 Å². The van der Waals surface area contributed by atoms with Gasteiger partial charge in [-0.05, 0) is 25.1 Å². The highest BCUT2D eigenvalue weighted by Crippen LogP contribution is 2.25. The normalized spacial score (nSPS) is 15.8. The molecule has 0 atom stereocenters. The fourth-order valence-electron chi connectivity index (χ4n) is 2.06. The molecule has 1 fully saturated rings. The van der Waals surface area contributed by atoms with Crippen molar-refractivity contribution < 1.29 is 22.7 Å². The van der Waals surface area contributed by atoms with Crippen LogP contribution in [0, 0.1) is 0 Å². The summed E-state index contributed by atoms with van der Waals surface area (Å²) in [6.07, 6.45) is 0. The minimum absolute atomic E-state index is 0.115. The largest absolute Gasteiger partial charge is 0.462 e. The van der Waals surface area contributed by atoms with Crippen molar-refractivity contribution in [2.45, 2.75) is 11.8 Å². The molecule has 0 N–H and O–H groups in total. The van der Waals surface area contributed by atoms with Crippen LogP contribution in [0.5, 0.6) is 0 Å². The highest BCUT2D eigenvalue weighted by molar-refractivity contribution is 8.13. The molecule has 1 heterocycles. The number of anilines is 1. The monoisotopic (exact) mass is 333 g/mol. The van der Waals surface area contributed by atoms with Gasteiger partial charge < -0.3 is 14.4 Å². The van der Waals surface area contributed by atoms with Gasteiger partial charge in [-0.15, -0.1) is 0 Å². The van der Waals surface area contributed by atoms with E-state index in [9.17, 15) is 13.2 Å². The molecule has 8 heteroatoms. The number of rotatable bonds is 4. The second kappa shape index (κ2) is 6.64. The molecular formula is C13H16ClNO5S. The van der Waals surface area contributed by atoms with Crippen molar-refractivity contribution >= 4 is 31.4 Å². The lowest BCUT2D eigenvalue weighted by Crippen LogP contribution is -2.36. The summed E-state index contributed by atoms with van der Waals surface area (Å²) in [6, 6.07) is 4.29. The minimum Gasteiger partial charge on any atom is -0.462 e. The Morgan fingerprint density at radius 1 is 1.33 bits per heavy atom. The van der Waals surface area contributed by atoms with Gasteiger partial charge in [0.2, 0.25) is 0 Å². The van der Waals surface area contributed by atoms with Gasteiger partial charge in [-0.2, -0.15) is 0 Å². The SMILES string of the molecule is CCOC(=O)c1cc(N2CCOCC2)cc(S(=O)(=O)Cl)c1. The van der Waals surface area contributed by atoms with E-state index in [2.05, 4.69) is 0 Å². The van der Waals surface area contributed by atoms with E-state index in [1.165, 1.54) is 12.1 Å². The highest BCUT2D eigenvalue weighted by atomic mass is 35.7. The van der Waals surface area contributed by atoms with Gasteiger partial charge in [-0.3, -0.25) is 0 Å². The Morgan fingerprint density at radius 2 is 2.00 bits per heavy atom. The summed E-state index contributed by atoms with van der Waals surface area (Å²) >= 11 is 0. The van der Waals surface area contributed by atoms with Crippen molar-refractivity contribution in [3.63, 3.8) is 0 Å². The van der Waals surface area contributed by atoms with E-state index in [1.807, 2.05) is 4.90 Å². The van der Waals surface area contributed by atoms with Crippen molar-refractivity contribution in [1.82, 2.24) is 0 Å². The van der Waals surface area contributed by atoms with Crippen LogP contribution in [-0.2, 0) is 18.5 Å². The van der Waals surface area contributed by atoms with Crippen LogP contribution in [0.15, 0.2) is 23.1 Å². The summed E-state index contributed by atoms with van der Waals surface area (Å²) in [6.45, 7) is 4.23. The number of ether oxygens (including phenoxy) is 2. The van der Waals surface area contributed by atoms with Crippen molar-refractivity contribution in [2.75, 3.05) is 37.8 Å². The first-order valence-corrected chi connectivity index (χ1v) is 8.82. The number of nitrogens with zero attached hydrogens (tertiary/aromatic N) is 1. The molecule has 1 saturated heterocycles. The number of esters is 1. The summed E-state index contributed by atoms with van der Waals surface area (Å²) in [5.74, 6) is -0.575. The van der Waals surface area contributed by atoms with Crippen LogP contribution in [0.4, 0.5) is 5.69 Å². The van der Waals surface area contributed by atoms with Crippen molar-refractivity contribution in [2.24, 2.45) is 0 Å². The van der Waals surface area contributed by atoms with Gasteiger partial charge in [-0.1, -0.05) is 0 Å². The van der Waals surface area contributed by atoms with Crippen LogP contribution < -0.4 is 4.90 Å². The van der Waals surface area contributed by atoms with E-state index in [-0.39, 0.29) is 17.1 Å². The van der Waals surface area contributed by atoms with Gasteiger partial charge in [0, 0.05) is 29.5 Å². The second-order valence-corrected chi connectivity index (χ2v) is 7.04. The first-order valence-electron chi connectivity index (χ1n) is 6.51. The summed E-state index contributed by atoms with van der Waals surface area (Å²) < 4.78 is 33.3. The zero-order chi connectivity index (χ0) is 15.5. The number of carbonyl (C=O) groups excluding carboxylic acids is 1. The maximum Gasteiger partial charge on any atom is 0.338 e. The molecule has 2 rings (SSSR count). The zero-order valence-corrected chi connectivity index (χ0v) is 13.1. The number of carbonyl (C=O) groups is 1. The lowest BCUT2D eigenvalue weighted by atomic mass is 10.2. The van der Waals surface area contributed by atoms with Crippen LogP contribution in [0.3, 0.4) is 0 Å². The van der Waals surface area contributed by atoms with Crippen LogP contribution in [0.2, 0.25) is 0 Å². The Kier molecular flexibility index (Phi) is 5.08. The molecule has 0 bridgehead atoms. The quantitative estimate of drug-likeness (QED) is 0.616. The van der Waals surface area contributed by atoms with Crippen LogP contribution in [0.1, 0.15) is 17.3 Å². The minimum atomic E-state index is -3.93. The van der Waals surface area contributed by atoms with Crippen LogP contribution in [-0.4, -0.2) is 47.3 Å². The van der Waals surface area contributed by atoms with E-state index >= 15 is 0 Å². The lowest BCUT2D eigenvalue weighted by molar-refractivity contribution is 0.0526. The van der Waals surface area contributed by atoms with Gasteiger partial charge >= 0.3 is 5.97 Å². The number of hydrogen-bond donors (Lipinski definition) is 0. The first-order chi connectivity index (χ1) is 9.91. The molecule has 0 amide bonds. The average molecular weight is 334 g/mol. The summed E-state index contributed by atoms with van der Waals surface area (Å²) in [7, 11) is 1.47. The number of benzene rings is 1. The molecule has 1 aliphatic heterocycles. The van der Waals surface area contributed by atoms with Gasteiger partial charge in [0.25, 0.3) is 9.05 Å². The number of morpholine rings is 1. The third-order valence-electron chi connectivity index (χ3n) is 3.06. The standard InChI is InChI=1S/C13H16ClNO5S/c1-2-20-13(16)10-7-11(15-3-5-19-6-4-15)9-12(8-10)21(14,17)18/h7-9H,2-6H2,1H3. The maximum atomic E-state index is 11.9. The van der Waals surface area contributed by atoms with E-state index in [4.69, 9.17) is 20.2 Å². The van der Waals surface area contributed by atoms with E-state index in [1.54, 1.807) is 13.0 Å². The predicted molar refractivity (Wildman–Crippen MR) is 78.5 cm³/mol. The first kappa shape index (κ1) is 16.1. The fraction of sp³-hybridized carbons (Fsp3) is 0.462. The molecule has 0 radical (unpaired) electrons. The molecule has 116 valence electrons. The molecule has 1 aliphatic rings. The molecule has 0 aliphatic carbocycles. The predicted octanol–water partition coefficient (Wildman–Crippen LogP) is 1.63. The Hall–Kier alpha value is -1.31. The summed E-state index contributed by atoms with van der Waals surface area (Å²) in [4.78, 5) is 13.7. The van der Waals surface area contributed by atoms with E-state index in [0.29, 0.717) is 32.0 Å². The Balaban J connectivity index is 2.44. The molecule has 0 unspecified atom stereocenters. The van der Waals surface area contributed by atoms with Gasteiger partial charge in [0.15, 0.2) is 0 Å². The molecule has 0 saturated carbocycles. The van der Waals surface area contributed by atoms with Crippen LogP contribution in [0.25, 0.3) is 0 Å². The molecule has 21 heavy (non-hydrogen) atoms. The lowest BCUT2D eigenvalue weighted by Gasteiger charge is -2.29. The van der Waals surface area contributed by atoms with Gasteiger partial charge in [0.1, 0.15) is 0 Å². The molecule has 0 aromatic heterocycles. The third-order valence-corrected chi connectivity index (χ3v) is 4.39. The van der Waals surface area contributed by atoms with Gasteiger partial charge in [0.05, 0.1) is 30.3 Å². The zero-order valence-electron chi connectivity index (χ0n) is 11.5. The average Bonchev–Trinajstić information content (AvgIpc) is 2.47. The number of hydrogen-bond acceptors (Lipinski definition) is 6. The molecule has 0 spiro atoms. The molecule has 1 aromatic carbocycles. The third kappa shape index (κ3) is 4.09.